The molecule has 0 unspecified atom stereocenters. The molecule has 136 heavy (non-hydrogen) atoms. The van der Waals surface area contributed by atoms with Crippen LogP contribution in [0.1, 0.15) is 264 Å². The van der Waals surface area contributed by atoms with Gasteiger partial charge in [-0.3, -0.25) is 61.1 Å². The Kier molecular flexibility index (Phi) is 75.9. The molecule has 3 aliphatic heterocycles. The van der Waals surface area contributed by atoms with E-state index < -0.39 is 104 Å². The number of carbonyl (C=O) groups excluding carboxylic acids is 8. The molecular formula is C100H167F9Fm2N10O15. The number of nitrogens with zero attached hydrogens (tertiary/aromatic N) is 2. The van der Waals surface area contributed by atoms with E-state index in [9.17, 15) is 97.4 Å². The molecule has 8 atom stereocenters. The Hall–Kier alpha value is -11.5. The fraction of sp³-hybridized carbons (Fsp3) is 0.650. The molecule has 0 saturated carbocycles. The van der Waals surface area contributed by atoms with Crippen molar-refractivity contribution in [2.75, 3.05) is 95.5 Å². The van der Waals surface area contributed by atoms with Gasteiger partial charge in [-0.2, -0.15) is 26.3 Å². The van der Waals surface area contributed by atoms with Crippen molar-refractivity contribution in [2.24, 2.45) is 88.2 Å². The van der Waals surface area contributed by atoms with Gasteiger partial charge in [-0.15, -0.1) is 0 Å². The molecule has 3 fully saturated rings. The van der Waals surface area contributed by atoms with Gasteiger partial charge >= 0.3 is 36.4 Å². The molecule has 0 aromatic heterocycles. The largest absolute Gasteiger partial charge is 0.481 e. The third-order valence-corrected chi connectivity index (χ3v) is 21.8. The van der Waals surface area contributed by atoms with Gasteiger partial charge in [-0.25, -0.2) is 4.79 Å². The molecule has 0 spiro atoms. The fourth-order valence-electron chi connectivity index (χ4n) is 15.6. The summed E-state index contributed by atoms with van der Waals surface area (Å²) in [6, 6.07) is 27.0. The van der Waals surface area contributed by atoms with Crippen LogP contribution in [-0.4, -0.2) is 192 Å². The van der Waals surface area contributed by atoms with Gasteiger partial charge in [-0.05, 0) is 140 Å². The minimum atomic E-state index is -4.35. The number of Topliss-reactive ketones (excluding diaryl/α,β-unsaturated/α-hetero) is 2. The number of nitrogens with one attached hydrogen (secondary N) is 5. The molecule has 1 aliphatic carbocycles. The molecule has 4 aromatic rings. The topological polar surface area (TPSA) is 402 Å². The van der Waals surface area contributed by atoms with E-state index in [-0.39, 0.29) is 106 Å². The van der Waals surface area contributed by atoms with E-state index in [1.54, 1.807) is 38.2 Å². The number of piperidine rings is 3. The van der Waals surface area contributed by atoms with E-state index in [0.717, 1.165) is 69.8 Å². The van der Waals surface area contributed by atoms with Crippen LogP contribution in [0.25, 0.3) is 11.1 Å². The normalized spacial score (nSPS) is 14.8. The molecule has 4 aliphatic rings. The number of ketones is 2. The van der Waals surface area contributed by atoms with Gasteiger partial charge in [0.25, 0.3) is 0 Å². The Labute approximate surface area is 798 Å². The van der Waals surface area contributed by atoms with Crippen molar-refractivity contribution in [3.8, 4) is 11.1 Å². The molecule has 0 radical (unpaired) electrons. The molecule has 3 heterocycles. The zero-order valence-electron chi connectivity index (χ0n) is 83.4. The molecule has 0 bridgehead atoms. The summed E-state index contributed by atoms with van der Waals surface area (Å²) in [5, 5.41) is 41.3. The van der Waals surface area contributed by atoms with Gasteiger partial charge in [0, 0.05) is 135 Å². The first-order valence-electron chi connectivity index (χ1n) is 47.0. The number of hydrogen-bond donors (Lipinski definition) is 11. The number of carboxylic acid groups (broad SMARTS) is 3. The Bertz CT molecular complexity index is 3950. The first kappa shape index (κ1) is 133. The summed E-state index contributed by atoms with van der Waals surface area (Å²) in [7, 11) is 3.25. The minimum absolute atomic E-state index is 0. The second-order valence-corrected chi connectivity index (χ2v) is 33.5. The SMILES string of the molecule is C.C.C.CCC[C@H](C(=O)NC)[C@@H](CC(C)C)C(=O)N1CCC(=O)CC1.CCC[C@H](C(=O)NC)[C@@H](CC(C)C)C(=O)O.CCC[C@H](C(=O)O)[C@@H](CC(C)C)C(=O)O.CCC[C@H](C(N)=O)[C@@H](CC(C)C)C(=O)N1CCC(NCc2cccc(C(F)(F)F)c2)CC1.CN.CNC(=O)OCC1c2ccccc2-c2ccccc21.NCc1cccc(C(F)(F)F)c1.O=C1CCNCC1.[2H]CF.[2H]CF.[2H]CF.[Fm].[Fm]. The number of primary amides is 1. The van der Waals surface area contributed by atoms with Crippen LogP contribution in [0.2, 0.25) is 0 Å². The minimum Gasteiger partial charge on any atom is -0.481 e. The summed E-state index contributed by atoms with van der Waals surface area (Å²) in [6.45, 7) is 28.6. The van der Waals surface area contributed by atoms with Gasteiger partial charge in [-0.1, -0.05) is 216 Å². The molecule has 6 amide bonds. The maximum Gasteiger partial charge on any atom is 0.416 e. The number of rotatable bonds is 34. The molecule has 794 valence electrons. The molecular weight excluding hydrogens is 2270 g/mol. The molecule has 4 aromatic carbocycles. The van der Waals surface area contributed by atoms with Crippen LogP contribution in [0.5, 0.6) is 0 Å². The second kappa shape index (κ2) is 77.6. The van der Waals surface area contributed by atoms with Crippen LogP contribution in [0.3, 0.4) is 0 Å². The number of carboxylic acids is 3. The van der Waals surface area contributed by atoms with Crippen molar-refractivity contribution < 1.29 is 116 Å². The number of aliphatic carboxylic acids is 3. The number of nitrogens with two attached hydrogens (primary N) is 3. The van der Waals surface area contributed by atoms with Crippen molar-refractivity contribution in [3.63, 3.8) is 0 Å². The summed E-state index contributed by atoms with van der Waals surface area (Å²) in [6.07, 6.45) is 2.64. The number of halogens is 9. The Balaban J connectivity index is -0.000000241. The molecule has 36 heteroatoms. The molecule has 3 saturated heterocycles. The summed E-state index contributed by atoms with van der Waals surface area (Å²) < 4.78 is 127. The summed E-state index contributed by atoms with van der Waals surface area (Å²) in [4.78, 5) is 132. The average Bonchev–Trinajstić information content (AvgIpc) is 1.61. The fourth-order valence-corrected chi connectivity index (χ4v) is 15.6. The number of fused-ring (bicyclic) bond motifs is 3. The van der Waals surface area contributed by atoms with Gasteiger partial charge in [0.1, 0.15) is 18.2 Å². The second-order valence-electron chi connectivity index (χ2n) is 33.5. The molecule has 25 nitrogen and oxygen atoms in total. The Morgan fingerprint density at radius 1 is 0.485 bits per heavy atom. The zero-order valence-corrected chi connectivity index (χ0v) is 85.2. The summed E-state index contributed by atoms with van der Waals surface area (Å²) in [5.74, 6) is -5.48. The van der Waals surface area contributed by atoms with Crippen molar-refractivity contribution in [1.82, 2.24) is 36.4 Å². The first-order valence-corrected chi connectivity index (χ1v) is 44.9. The smallest absolute Gasteiger partial charge is 0.416 e. The maximum atomic E-state index is 13.3. The van der Waals surface area contributed by atoms with Crippen LogP contribution in [0, 0.1) is 71.0 Å². The molecule has 8 rings (SSSR count). The first-order chi connectivity index (χ1) is 63.2. The van der Waals surface area contributed by atoms with E-state index in [0.29, 0.717) is 139 Å². The number of benzene rings is 4. The van der Waals surface area contributed by atoms with Crippen LogP contribution in [0.15, 0.2) is 97.1 Å². The third kappa shape index (κ3) is 53.1. The number of alkyl halides is 9. The Morgan fingerprint density at radius 3 is 1.15 bits per heavy atom. The number of ether oxygens (including phenoxy) is 1. The monoisotopic (exact) mass is 2440 g/mol. The van der Waals surface area contributed by atoms with E-state index in [1.165, 1.54) is 47.5 Å². The predicted octanol–water partition coefficient (Wildman–Crippen LogP) is 19.0. The Morgan fingerprint density at radius 2 is 0.816 bits per heavy atom. The number of likely N-dealkylation sites (tertiary alicyclic amines) is 2. The summed E-state index contributed by atoms with van der Waals surface area (Å²) >= 11 is 0. The van der Waals surface area contributed by atoms with Crippen molar-refractivity contribution in [1.29, 1.82) is 0 Å². The number of carbonyl (C=O) groups is 11. The van der Waals surface area contributed by atoms with Gasteiger partial charge < -0.3 is 73.6 Å². The number of alkyl carbamates (subject to hydrolysis) is 1. The molecule has 14 N–H and O–H groups in total. The van der Waals surface area contributed by atoms with Crippen LogP contribution < -0.4 is 43.8 Å². The predicted molar refractivity (Wildman–Crippen MR) is 516 cm³/mol. The van der Waals surface area contributed by atoms with Gasteiger partial charge in [0.2, 0.25) is 29.5 Å². The third-order valence-electron chi connectivity index (χ3n) is 21.8. The van der Waals surface area contributed by atoms with Crippen LogP contribution in [-0.2, 0) is 78.1 Å². The van der Waals surface area contributed by atoms with E-state index in [1.807, 2.05) is 98.4 Å². The van der Waals surface area contributed by atoms with Crippen LogP contribution >= 0.6 is 0 Å². The zero-order chi connectivity index (χ0) is 103. The van der Waals surface area contributed by atoms with Crippen LogP contribution in [0.4, 0.5) is 44.3 Å². The van der Waals surface area contributed by atoms with E-state index >= 15 is 0 Å². The number of amides is 6. The standard InChI is InChI=1S/C24H36F3N3O2.C17H30N2O3.C16H15NO2.C12H23NO3.C11H20O4.C8H8F3N.C5H9NO.3CH3F.CH5N.3CH4.2Fm/c1-4-6-20(22(28)31)21(13-16(2)3)23(32)30-11-9-19(10-12-30)29-15-17-7-5-8-18(14-17)24(25,26)27;1-5-6-14(16(21)18-4)15(11-12(2)3)17(22)19-9-7-13(20)8-10-19;1-17-16(18)19-10-15-13-8-4-2-6-11(13)12-7-3-5-9-14(12)15;1-5-6-9(11(14)13-4)10(12(15)16)7-8(2)3;1-4-5-8(10(12)13)9(11(14)15)6-7(2)3;9-8(10,11)7-3-1-2-6(4-7)5-12;7-5-1-3-6-4-2-5;4*1-2;;;;;/h5,7-8,14,16,19-21,29H,4,6,9-13,15H2,1-3H3,(H2,28,31);12,14-15H,5-11H2,1-4H3,(H,18,21);2-9,15H,10H2,1H3,(H,17,18);8-10H,5-7H2,1-4H3,(H,13,14)(H,15,16);7-9H,4-6H2,1-3H3,(H,12,13)(H,14,15);1-4H,5,12H2;6H,1-4H2;3*1H3;2H2,1H3;3*1H4;;/t20-,21+;14-,15+;;9-,10+;8-,9+;;;;;;;;;;;/m00.00.........../s1/i;;;;;;;3*1D;;;;;;. The summed E-state index contributed by atoms with van der Waals surface area (Å²) in [5.41, 5.74) is 20.0. The van der Waals surface area contributed by atoms with Crippen molar-refractivity contribution in [2.45, 2.75) is 258 Å². The van der Waals surface area contributed by atoms with Gasteiger partial charge in [0.15, 0.2) is 0 Å². The number of hydrogen-bond acceptors (Lipinski definition) is 16. The quantitative estimate of drug-likeness (QED) is 0.0194. The van der Waals surface area contributed by atoms with E-state index in [4.69, 9.17) is 30.5 Å². The van der Waals surface area contributed by atoms with E-state index in [2.05, 4.69) is 70.4 Å². The van der Waals surface area contributed by atoms with Gasteiger partial charge in [0.05, 0.1) is 60.4 Å². The van der Waals surface area contributed by atoms with Crippen molar-refractivity contribution >= 4 is 65.1 Å². The van der Waals surface area contributed by atoms with Crippen molar-refractivity contribution in [3.05, 3.63) is 130 Å². The maximum absolute atomic E-state index is 13.3. The average molecular weight is 2440 g/mol.